The molecular weight excluding hydrogens is 142 g/mol. The lowest BCUT2D eigenvalue weighted by Gasteiger charge is -2.13. The maximum absolute atomic E-state index is 11.2. The number of hydroxylamine groups is 2. The molecule has 0 atom stereocenters. The lowest BCUT2D eigenvalue weighted by atomic mass is 10.1. The minimum absolute atomic E-state index is 0.0625. The molecule has 1 saturated carbocycles. The molecule has 0 N–H and O–H groups in total. The molecule has 1 rings (SSSR count). The van der Waals surface area contributed by atoms with Crippen LogP contribution >= 0.6 is 0 Å². The zero-order chi connectivity index (χ0) is 8.27. The van der Waals surface area contributed by atoms with Crippen LogP contribution in [0.3, 0.4) is 0 Å². The van der Waals surface area contributed by atoms with Crippen LogP contribution in [0.5, 0.6) is 0 Å². The molecule has 0 aromatic carbocycles. The van der Waals surface area contributed by atoms with Crippen molar-refractivity contribution >= 4 is 5.97 Å². The van der Waals surface area contributed by atoms with Crippen molar-refractivity contribution in [3.63, 3.8) is 0 Å². The van der Waals surface area contributed by atoms with Crippen LogP contribution in [0, 0.1) is 5.92 Å². The molecule has 64 valence electrons. The van der Waals surface area contributed by atoms with E-state index in [0.29, 0.717) is 0 Å². The summed E-state index contributed by atoms with van der Waals surface area (Å²) in [5.41, 5.74) is 0. The number of hydrogen-bond donors (Lipinski definition) is 0. The Bertz CT molecular complexity index is 139. The van der Waals surface area contributed by atoms with Gasteiger partial charge in [0.2, 0.25) is 0 Å². The lowest BCUT2D eigenvalue weighted by molar-refractivity contribution is -0.183. The third-order valence-corrected chi connectivity index (χ3v) is 1.96. The normalized spacial score (nSPS) is 19.2. The lowest BCUT2D eigenvalue weighted by Crippen LogP contribution is -2.23. The maximum Gasteiger partial charge on any atom is 0.328 e. The van der Waals surface area contributed by atoms with Gasteiger partial charge in [-0.15, -0.1) is 5.06 Å². The summed E-state index contributed by atoms with van der Waals surface area (Å²) in [5.74, 6) is 0.102. The fourth-order valence-corrected chi connectivity index (χ4v) is 1.42. The van der Waals surface area contributed by atoms with E-state index < -0.39 is 0 Å². The highest BCUT2D eigenvalue weighted by atomic mass is 16.7. The van der Waals surface area contributed by atoms with Gasteiger partial charge in [0.15, 0.2) is 0 Å². The van der Waals surface area contributed by atoms with Crippen molar-refractivity contribution in [1.82, 2.24) is 5.06 Å². The first-order valence-corrected chi connectivity index (χ1v) is 4.09. The second kappa shape index (κ2) is 3.72. The van der Waals surface area contributed by atoms with Crippen molar-refractivity contribution in [3.8, 4) is 0 Å². The Morgan fingerprint density at radius 1 is 1.36 bits per heavy atom. The predicted molar refractivity (Wildman–Crippen MR) is 41.7 cm³/mol. The van der Waals surface area contributed by atoms with Crippen LogP contribution in [-0.2, 0) is 9.63 Å². The molecule has 1 fully saturated rings. The van der Waals surface area contributed by atoms with Gasteiger partial charge in [0, 0.05) is 14.1 Å². The van der Waals surface area contributed by atoms with Crippen LogP contribution in [0.4, 0.5) is 0 Å². The SMILES string of the molecule is CN(C)OC(=O)C1CCCC1. The van der Waals surface area contributed by atoms with E-state index in [1.807, 2.05) is 0 Å². The second-order valence-electron chi connectivity index (χ2n) is 3.20. The number of carbonyl (C=O) groups excluding carboxylic acids is 1. The molecule has 0 unspecified atom stereocenters. The van der Waals surface area contributed by atoms with E-state index in [9.17, 15) is 4.79 Å². The highest BCUT2D eigenvalue weighted by molar-refractivity contribution is 5.72. The summed E-state index contributed by atoms with van der Waals surface area (Å²) in [7, 11) is 3.46. The van der Waals surface area contributed by atoms with Gasteiger partial charge in [0.1, 0.15) is 0 Å². The number of rotatable bonds is 2. The summed E-state index contributed by atoms with van der Waals surface area (Å²) in [4.78, 5) is 16.1. The van der Waals surface area contributed by atoms with Gasteiger partial charge >= 0.3 is 5.97 Å². The van der Waals surface area contributed by atoms with E-state index in [1.165, 1.54) is 17.9 Å². The molecule has 0 aromatic rings. The zero-order valence-electron chi connectivity index (χ0n) is 7.17. The first-order valence-electron chi connectivity index (χ1n) is 4.09. The standard InChI is InChI=1S/C8H15NO2/c1-9(2)11-8(10)7-5-3-4-6-7/h7H,3-6H2,1-2H3. The zero-order valence-corrected chi connectivity index (χ0v) is 7.17. The number of hydrogen-bond acceptors (Lipinski definition) is 3. The molecular formula is C8H15NO2. The van der Waals surface area contributed by atoms with E-state index in [0.717, 1.165) is 12.8 Å². The smallest absolute Gasteiger partial charge is 0.328 e. The molecule has 11 heavy (non-hydrogen) atoms. The molecule has 1 aliphatic carbocycles. The summed E-state index contributed by atoms with van der Waals surface area (Å²) >= 11 is 0. The van der Waals surface area contributed by atoms with Crippen LogP contribution in [-0.4, -0.2) is 25.1 Å². The Balaban J connectivity index is 2.28. The van der Waals surface area contributed by atoms with Crippen molar-refractivity contribution in [2.45, 2.75) is 25.7 Å². The first kappa shape index (κ1) is 8.53. The van der Waals surface area contributed by atoms with Crippen LogP contribution in [0.15, 0.2) is 0 Å². The summed E-state index contributed by atoms with van der Waals surface area (Å²) < 4.78 is 0. The predicted octanol–water partition coefficient (Wildman–Crippen LogP) is 1.20. The maximum atomic E-state index is 11.2. The fourth-order valence-electron chi connectivity index (χ4n) is 1.42. The topological polar surface area (TPSA) is 29.5 Å². The summed E-state index contributed by atoms with van der Waals surface area (Å²) in [5, 5.41) is 1.46. The van der Waals surface area contributed by atoms with Gasteiger partial charge in [-0.25, -0.2) is 0 Å². The summed E-state index contributed by atoms with van der Waals surface area (Å²) in [6.45, 7) is 0. The van der Waals surface area contributed by atoms with Gasteiger partial charge in [-0.3, -0.25) is 4.79 Å². The molecule has 0 radical (unpaired) electrons. The van der Waals surface area contributed by atoms with Crippen molar-refractivity contribution in [3.05, 3.63) is 0 Å². The van der Waals surface area contributed by atoms with Crippen molar-refractivity contribution in [2.24, 2.45) is 5.92 Å². The highest BCUT2D eigenvalue weighted by Gasteiger charge is 2.24. The molecule has 1 aliphatic rings. The van der Waals surface area contributed by atoms with Crippen molar-refractivity contribution < 1.29 is 9.63 Å². The molecule has 3 nitrogen and oxygen atoms in total. The molecule has 3 heteroatoms. The number of nitrogens with zero attached hydrogens (tertiary/aromatic N) is 1. The van der Waals surface area contributed by atoms with Gasteiger partial charge in [-0.2, -0.15) is 0 Å². The fraction of sp³-hybridized carbons (Fsp3) is 0.875. The average molecular weight is 157 g/mol. The van der Waals surface area contributed by atoms with E-state index in [-0.39, 0.29) is 11.9 Å². The Hall–Kier alpha value is -0.570. The van der Waals surface area contributed by atoms with Gasteiger partial charge < -0.3 is 4.84 Å². The van der Waals surface area contributed by atoms with Crippen LogP contribution in [0.2, 0.25) is 0 Å². The Kier molecular flexibility index (Phi) is 2.88. The molecule has 0 aliphatic heterocycles. The van der Waals surface area contributed by atoms with Crippen molar-refractivity contribution in [1.29, 1.82) is 0 Å². The third-order valence-electron chi connectivity index (χ3n) is 1.96. The summed E-state index contributed by atoms with van der Waals surface area (Å²) in [6.07, 6.45) is 4.36. The molecule has 0 amide bonds. The van der Waals surface area contributed by atoms with Gasteiger partial charge in [-0.05, 0) is 12.8 Å². The molecule has 0 aromatic heterocycles. The molecule has 0 spiro atoms. The van der Waals surface area contributed by atoms with Crippen molar-refractivity contribution in [2.75, 3.05) is 14.1 Å². The van der Waals surface area contributed by atoms with E-state index in [1.54, 1.807) is 14.1 Å². The minimum atomic E-state index is -0.0625. The quantitative estimate of drug-likeness (QED) is 0.564. The largest absolute Gasteiger partial charge is 0.368 e. The molecule has 0 heterocycles. The average Bonchev–Trinajstić information content (AvgIpc) is 2.35. The molecule has 0 bridgehead atoms. The Morgan fingerprint density at radius 3 is 2.36 bits per heavy atom. The second-order valence-corrected chi connectivity index (χ2v) is 3.20. The highest BCUT2D eigenvalue weighted by Crippen LogP contribution is 2.25. The minimum Gasteiger partial charge on any atom is -0.368 e. The van der Waals surface area contributed by atoms with E-state index in [4.69, 9.17) is 4.84 Å². The van der Waals surface area contributed by atoms with E-state index in [2.05, 4.69) is 0 Å². The van der Waals surface area contributed by atoms with Crippen LogP contribution in [0.25, 0.3) is 0 Å². The van der Waals surface area contributed by atoms with Crippen LogP contribution < -0.4 is 0 Å². The van der Waals surface area contributed by atoms with Gasteiger partial charge in [-0.1, -0.05) is 12.8 Å². The molecule has 0 saturated heterocycles. The number of carbonyl (C=O) groups is 1. The summed E-state index contributed by atoms with van der Waals surface area (Å²) in [6, 6.07) is 0. The Morgan fingerprint density at radius 2 is 1.91 bits per heavy atom. The van der Waals surface area contributed by atoms with Gasteiger partial charge in [0.05, 0.1) is 5.92 Å². The van der Waals surface area contributed by atoms with Crippen LogP contribution in [0.1, 0.15) is 25.7 Å². The van der Waals surface area contributed by atoms with E-state index >= 15 is 0 Å². The first-order chi connectivity index (χ1) is 5.20. The Labute approximate surface area is 67.3 Å². The van der Waals surface area contributed by atoms with Gasteiger partial charge in [0.25, 0.3) is 0 Å². The third kappa shape index (κ3) is 2.50. The monoisotopic (exact) mass is 157 g/mol.